The molecule has 30 heavy (non-hydrogen) atoms. The van der Waals surface area contributed by atoms with Crippen LogP contribution < -0.4 is 10.2 Å². The summed E-state index contributed by atoms with van der Waals surface area (Å²) >= 11 is 0. The molecule has 1 aliphatic heterocycles. The molecule has 1 saturated heterocycles. The van der Waals surface area contributed by atoms with Crippen LogP contribution in [0.3, 0.4) is 0 Å². The van der Waals surface area contributed by atoms with Crippen molar-refractivity contribution in [3.63, 3.8) is 0 Å². The number of nitrogens with one attached hydrogen (secondary N) is 2. The SMILES string of the molecule is O=C(NCc1nc2ccccc2[nH]1)C1CCN(c2ccnc3ccc(F)cc23)CC1. The van der Waals surface area contributed by atoms with Crippen LogP contribution in [0.5, 0.6) is 0 Å². The number of rotatable bonds is 4. The van der Waals surface area contributed by atoms with Gasteiger partial charge in [-0.1, -0.05) is 12.1 Å². The number of H-pyrrole nitrogens is 1. The van der Waals surface area contributed by atoms with Gasteiger partial charge in [-0.2, -0.15) is 0 Å². The van der Waals surface area contributed by atoms with Crippen molar-refractivity contribution in [2.24, 2.45) is 5.92 Å². The van der Waals surface area contributed by atoms with Gasteiger partial charge in [0.25, 0.3) is 0 Å². The lowest BCUT2D eigenvalue weighted by molar-refractivity contribution is -0.125. The Morgan fingerprint density at radius 2 is 1.97 bits per heavy atom. The van der Waals surface area contributed by atoms with Gasteiger partial charge in [-0.15, -0.1) is 0 Å². The molecule has 5 rings (SSSR count). The molecule has 6 nitrogen and oxygen atoms in total. The Balaban J connectivity index is 1.21. The number of piperidine rings is 1. The second kappa shape index (κ2) is 7.74. The topological polar surface area (TPSA) is 73.9 Å². The van der Waals surface area contributed by atoms with Crippen molar-refractivity contribution in [1.29, 1.82) is 0 Å². The van der Waals surface area contributed by atoms with Gasteiger partial charge in [0.05, 0.1) is 23.1 Å². The van der Waals surface area contributed by atoms with Crippen LogP contribution in [0.4, 0.5) is 10.1 Å². The van der Waals surface area contributed by atoms with Gasteiger partial charge in [0, 0.05) is 36.3 Å². The van der Waals surface area contributed by atoms with Crippen LogP contribution in [0.2, 0.25) is 0 Å². The largest absolute Gasteiger partial charge is 0.371 e. The summed E-state index contributed by atoms with van der Waals surface area (Å²) in [5.74, 6) is 0.514. The number of para-hydroxylation sites is 2. The number of aromatic amines is 1. The van der Waals surface area contributed by atoms with Gasteiger partial charge in [-0.3, -0.25) is 9.78 Å². The molecule has 1 aliphatic rings. The van der Waals surface area contributed by atoms with Crippen molar-refractivity contribution in [2.75, 3.05) is 18.0 Å². The third-order valence-electron chi connectivity index (χ3n) is 5.76. The number of imidazole rings is 1. The monoisotopic (exact) mass is 403 g/mol. The van der Waals surface area contributed by atoms with Gasteiger partial charge in [-0.05, 0) is 49.2 Å². The molecule has 3 heterocycles. The van der Waals surface area contributed by atoms with E-state index in [1.807, 2.05) is 30.3 Å². The average molecular weight is 403 g/mol. The molecular formula is C23H22FN5O. The fourth-order valence-electron chi connectivity index (χ4n) is 4.17. The van der Waals surface area contributed by atoms with Crippen molar-refractivity contribution >= 4 is 33.5 Å². The summed E-state index contributed by atoms with van der Waals surface area (Å²) < 4.78 is 13.7. The Labute approximate surface area is 173 Å². The number of pyridine rings is 1. The Morgan fingerprint density at radius 1 is 1.13 bits per heavy atom. The minimum atomic E-state index is -0.267. The molecule has 0 radical (unpaired) electrons. The molecule has 0 spiro atoms. The van der Waals surface area contributed by atoms with Crippen molar-refractivity contribution in [3.8, 4) is 0 Å². The smallest absolute Gasteiger partial charge is 0.223 e. The van der Waals surface area contributed by atoms with Gasteiger partial charge in [0.1, 0.15) is 11.6 Å². The van der Waals surface area contributed by atoms with E-state index in [4.69, 9.17) is 0 Å². The van der Waals surface area contributed by atoms with Crippen LogP contribution in [0, 0.1) is 11.7 Å². The van der Waals surface area contributed by atoms with Crippen molar-refractivity contribution in [1.82, 2.24) is 20.3 Å². The Morgan fingerprint density at radius 3 is 2.80 bits per heavy atom. The zero-order valence-electron chi connectivity index (χ0n) is 16.4. The molecule has 7 heteroatoms. The highest BCUT2D eigenvalue weighted by Crippen LogP contribution is 2.30. The van der Waals surface area contributed by atoms with E-state index in [9.17, 15) is 9.18 Å². The van der Waals surface area contributed by atoms with Crippen LogP contribution in [-0.2, 0) is 11.3 Å². The Hall–Kier alpha value is -3.48. The Bertz CT molecular complexity index is 1180. The fourth-order valence-corrected chi connectivity index (χ4v) is 4.17. The molecule has 4 aromatic rings. The first-order chi connectivity index (χ1) is 14.7. The van der Waals surface area contributed by atoms with E-state index in [1.165, 1.54) is 12.1 Å². The quantitative estimate of drug-likeness (QED) is 0.544. The number of anilines is 1. The summed E-state index contributed by atoms with van der Waals surface area (Å²) in [6.45, 7) is 1.89. The maximum Gasteiger partial charge on any atom is 0.223 e. The molecule has 152 valence electrons. The number of hydrogen-bond donors (Lipinski definition) is 2. The first-order valence-corrected chi connectivity index (χ1v) is 10.2. The Kier molecular flexibility index (Phi) is 4.78. The molecule has 1 amide bonds. The molecule has 1 fully saturated rings. The standard InChI is InChI=1S/C23H22FN5O/c24-16-5-6-18-17(13-16)21(7-10-25-18)29-11-8-15(9-12-29)23(30)26-14-22-27-19-3-1-2-4-20(19)28-22/h1-7,10,13,15H,8-9,11-12,14H2,(H,26,30)(H,27,28). The third-order valence-corrected chi connectivity index (χ3v) is 5.76. The van der Waals surface area contributed by atoms with E-state index in [2.05, 4.69) is 25.2 Å². The molecular weight excluding hydrogens is 381 g/mol. The lowest BCUT2D eigenvalue weighted by Gasteiger charge is -2.33. The van der Waals surface area contributed by atoms with E-state index in [-0.39, 0.29) is 17.6 Å². The lowest BCUT2D eigenvalue weighted by Crippen LogP contribution is -2.40. The van der Waals surface area contributed by atoms with E-state index in [1.54, 1.807) is 12.3 Å². The van der Waals surface area contributed by atoms with E-state index < -0.39 is 0 Å². The van der Waals surface area contributed by atoms with Crippen LogP contribution in [0.1, 0.15) is 18.7 Å². The number of carbonyl (C=O) groups excluding carboxylic acids is 1. The molecule has 0 saturated carbocycles. The van der Waals surface area contributed by atoms with Gasteiger partial charge < -0.3 is 15.2 Å². The van der Waals surface area contributed by atoms with Crippen LogP contribution in [0.15, 0.2) is 54.7 Å². The molecule has 0 bridgehead atoms. The van der Waals surface area contributed by atoms with Gasteiger partial charge in [-0.25, -0.2) is 9.37 Å². The number of carbonyl (C=O) groups is 1. The van der Waals surface area contributed by atoms with Crippen molar-refractivity contribution < 1.29 is 9.18 Å². The number of hydrogen-bond acceptors (Lipinski definition) is 4. The third kappa shape index (κ3) is 3.58. The van der Waals surface area contributed by atoms with Crippen LogP contribution >= 0.6 is 0 Å². The number of aromatic nitrogens is 3. The fraction of sp³-hybridized carbons (Fsp3) is 0.261. The van der Waals surface area contributed by atoms with Gasteiger partial charge in [0.15, 0.2) is 0 Å². The van der Waals surface area contributed by atoms with E-state index >= 15 is 0 Å². The maximum atomic E-state index is 13.7. The first-order valence-electron chi connectivity index (χ1n) is 10.2. The molecule has 0 atom stereocenters. The summed E-state index contributed by atoms with van der Waals surface area (Å²) in [4.78, 5) is 26.9. The predicted molar refractivity (Wildman–Crippen MR) is 115 cm³/mol. The number of halogens is 1. The highest BCUT2D eigenvalue weighted by molar-refractivity contribution is 5.91. The highest BCUT2D eigenvalue weighted by atomic mass is 19.1. The van der Waals surface area contributed by atoms with Crippen LogP contribution in [0.25, 0.3) is 21.9 Å². The van der Waals surface area contributed by atoms with Crippen molar-refractivity contribution in [3.05, 3.63) is 66.4 Å². The average Bonchev–Trinajstić information content (AvgIpc) is 3.20. The minimum absolute atomic E-state index is 0.0320. The summed E-state index contributed by atoms with van der Waals surface area (Å²) in [6, 6.07) is 14.4. The molecule has 2 aromatic heterocycles. The minimum Gasteiger partial charge on any atom is -0.371 e. The number of nitrogens with zero attached hydrogens (tertiary/aromatic N) is 3. The molecule has 0 unspecified atom stereocenters. The summed E-state index contributed by atoms with van der Waals surface area (Å²) in [5, 5.41) is 3.82. The van der Waals surface area contributed by atoms with Gasteiger partial charge >= 0.3 is 0 Å². The number of fused-ring (bicyclic) bond motifs is 2. The maximum absolute atomic E-state index is 13.7. The van der Waals surface area contributed by atoms with Crippen LogP contribution in [-0.4, -0.2) is 33.9 Å². The summed E-state index contributed by atoms with van der Waals surface area (Å²) in [5.41, 5.74) is 3.62. The molecule has 0 aliphatic carbocycles. The molecule has 2 aromatic carbocycles. The van der Waals surface area contributed by atoms with E-state index in [0.29, 0.717) is 6.54 Å². The second-order valence-corrected chi connectivity index (χ2v) is 7.67. The van der Waals surface area contributed by atoms with Gasteiger partial charge in [0.2, 0.25) is 5.91 Å². The number of amides is 1. The summed E-state index contributed by atoms with van der Waals surface area (Å²) in [6.07, 6.45) is 3.26. The highest BCUT2D eigenvalue weighted by Gasteiger charge is 2.26. The molecule has 2 N–H and O–H groups in total. The normalized spacial score (nSPS) is 15.0. The summed E-state index contributed by atoms with van der Waals surface area (Å²) in [7, 11) is 0. The second-order valence-electron chi connectivity index (χ2n) is 7.67. The van der Waals surface area contributed by atoms with E-state index in [0.717, 1.165) is 59.4 Å². The number of benzene rings is 2. The van der Waals surface area contributed by atoms with Crippen molar-refractivity contribution in [2.45, 2.75) is 19.4 Å². The zero-order valence-corrected chi connectivity index (χ0v) is 16.4. The zero-order chi connectivity index (χ0) is 20.5. The first kappa shape index (κ1) is 18.5. The predicted octanol–water partition coefficient (Wildman–Crippen LogP) is 3.78. The lowest BCUT2D eigenvalue weighted by atomic mass is 9.95.